The van der Waals surface area contributed by atoms with Gasteiger partial charge in [0.2, 0.25) is 0 Å². The molecule has 5 heteroatoms. The Labute approximate surface area is 171 Å². The van der Waals surface area contributed by atoms with Crippen LogP contribution in [0.15, 0.2) is 67.2 Å². The van der Waals surface area contributed by atoms with Gasteiger partial charge in [0.15, 0.2) is 0 Å². The fraction of sp³-hybridized carbons (Fsp3) is 0.125. The minimum Gasteiger partial charge on any atom is -0.508 e. The van der Waals surface area contributed by atoms with Gasteiger partial charge < -0.3 is 20.6 Å². The lowest BCUT2D eigenvalue weighted by atomic mass is 9.99. The van der Waals surface area contributed by atoms with Crippen molar-refractivity contribution in [3.05, 3.63) is 78.4 Å². The van der Waals surface area contributed by atoms with Gasteiger partial charge in [-0.25, -0.2) is 0 Å². The fourth-order valence-electron chi connectivity index (χ4n) is 3.16. The SMILES string of the molecule is C=Cc1c(NC)cc(-c2cccc(O)c2)cc1NC(=O)c1cccc(N(C)C)c1. The van der Waals surface area contributed by atoms with Crippen LogP contribution in [0, 0.1) is 0 Å². The van der Waals surface area contributed by atoms with Crippen LogP contribution < -0.4 is 15.5 Å². The minimum absolute atomic E-state index is 0.187. The highest BCUT2D eigenvalue weighted by molar-refractivity contribution is 6.07. The number of carbonyl (C=O) groups is 1. The van der Waals surface area contributed by atoms with E-state index in [1.807, 2.05) is 62.4 Å². The predicted molar refractivity (Wildman–Crippen MR) is 122 cm³/mol. The van der Waals surface area contributed by atoms with Gasteiger partial charge in [-0.15, -0.1) is 0 Å². The van der Waals surface area contributed by atoms with E-state index in [1.165, 1.54) is 0 Å². The normalized spacial score (nSPS) is 10.3. The lowest BCUT2D eigenvalue weighted by molar-refractivity contribution is 0.102. The number of aromatic hydroxyl groups is 1. The molecule has 0 spiro atoms. The maximum Gasteiger partial charge on any atom is 0.255 e. The van der Waals surface area contributed by atoms with Crippen molar-refractivity contribution in [3.8, 4) is 16.9 Å². The van der Waals surface area contributed by atoms with E-state index in [1.54, 1.807) is 30.3 Å². The van der Waals surface area contributed by atoms with E-state index in [2.05, 4.69) is 17.2 Å². The summed E-state index contributed by atoms with van der Waals surface area (Å²) in [4.78, 5) is 14.9. The molecule has 0 aliphatic carbocycles. The predicted octanol–water partition coefficient (Wildman–Crippen LogP) is 5.06. The molecule has 0 radical (unpaired) electrons. The van der Waals surface area contributed by atoms with Crippen molar-refractivity contribution >= 4 is 29.0 Å². The Morgan fingerprint density at radius 3 is 2.38 bits per heavy atom. The molecule has 0 unspecified atom stereocenters. The number of nitrogens with zero attached hydrogens (tertiary/aromatic N) is 1. The molecular formula is C24H25N3O2. The summed E-state index contributed by atoms with van der Waals surface area (Å²) in [5.41, 5.74) is 5.51. The standard InChI is InChI=1S/C24H25N3O2/c1-5-21-22(25-2)14-18(16-8-7-11-20(28)13-16)15-23(21)26-24(29)17-9-6-10-19(12-17)27(3)4/h5-15,25,28H,1H2,2-4H3,(H,26,29). The Hall–Kier alpha value is -3.73. The van der Waals surface area contributed by atoms with Crippen molar-refractivity contribution in [3.63, 3.8) is 0 Å². The fourth-order valence-corrected chi connectivity index (χ4v) is 3.16. The molecule has 5 nitrogen and oxygen atoms in total. The van der Waals surface area contributed by atoms with Crippen LogP contribution in [0.3, 0.4) is 0 Å². The van der Waals surface area contributed by atoms with Crippen LogP contribution in [0.2, 0.25) is 0 Å². The molecule has 0 bridgehead atoms. The summed E-state index contributed by atoms with van der Waals surface area (Å²) in [5.74, 6) is -0.0145. The van der Waals surface area contributed by atoms with Crippen LogP contribution in [0.4, 0.5) is 17.1 Å². The lowest BCUT2D eigenvalue weighted by Gasteiger charge is -2.17. The van der Waals surface area contributed by atoms with Crippen molar-refractivity contribution in [1.29, 1.82) is 0 Å². The number of carbonyl (C=O) groups excluding carboxylic acids is 1. The van der Waals surface area contributed by atoms with E-state index >= 15 is 0 Å². The topological polar surface area (TPSA) is 64.6 Å². The number of anilines is 3. The zero-order valence-electron chi connectivity index (χ0n) is 16.9. The third-order valence-corrected chi connectivity index (χ3v) is 4.71. The summed E-state index contributed by atoms with van der Waals surface area (Å²) in [5, 5.41) is 16.0. The van der Waals surface area contributed by atoms with Crippen molar-refractivity contribution < 1.29 is 9.90 Å². The van der Waals surface area contributed by atoms with Gasteiger partial charge in [-0.1, -0.05) is 30.9 Å². The van der Waals surface area contributed by atoms with Crippen LogP contribution in [0.5, 0.6) is 5.75 Å². The highest BCUT2D eigenvalue weighted by atomic mass is 16.3. The van der Waals surface area contributed by atoms with Gasteiger partial charge in [0.1, 0.15) is 5.75 Å². The summed E-state index contributed by atoms with van der Waals surface area (Å²) in [6.45, 7) is 3.90. The highest BCUT2D eigenvalue weighted by Gasteiger charge is 2.14. The van der Waals surface area contributed by atoms with E-state index in [0.717, 1.165) is 28.1 Å². The molecule has 3 aromatic carbocycles. The van der Waals surface area contributed by atoms with E-state index in [4.69, 9.17) is 0 Å². The Balaban J connectivity index is 2.03. The Bertz CT molecular complexity index is 1060. The molecule has 3 rings (SSSR count). The first-order valence-corrected chi connectivity index (χ1v) is 9.29. The lowest BCUT2D eigenvalue weighted by Crippen LogP contribution is -2.15. The molecule has 0 aliphatic rings. The molecule has 148 valence electrons. The van der Waals surface area contributed by atoms with Crippen molar-refractivity contribution in [2.24, 2.45) is 0 Å². The second-order valence-electron chi connectivity index (χ2n) is 6.89. The number of benzene rings is 3. The summed E-state index contributed by atoms with van der Waals surface area (Å²) in [7, 11) is 5.69. The van der Waals surface area contributed by atoms with Gasteiger partial charge in [-0.3, -0.25) is 4.79 Å². The number of rotatable bonds is 6. The van der Waals surface area contributed by atoms with E-state index in [9.17, 15) is 9.90 Å². The third-order valence-electron chi connectivity index (χ3n) is 4.71. The second kappa shape index (κ2) is 8.52. The zero-order chi connectivity index (χ0) is 21.0. The summed E-state index contributed by atoms with van der Waals surface area (Å²) < 4.78 is 0. The van der Waals surface area contributed by atoms with Gasteiger partial charge in [0, 0.05) is 43.6 Å². The Morgan fingerprint density at radius 1 is 1.00 bits per heavy atom. The van der Waals surface area contributed by atoms with E-state index < -0.39 is 0 Å². The molecule has 0 aromatic heterocycles. The van der Waals surface area contributed by atoms with Crippen LogP contribution in [0.25, 0.3) is 17.2 Å². The molecule has 0 saturated heterocycles. The number of hydrogen-bond donors (Lipinski definition) is 3. The third kappa shape index (κ3) is 4.41. The first kappa shape index (κ1) is 20.0. The molecular weight excluding hydrogens is 362 g/mol. The quantitative estimate of drug-likeness (QED) is 0.553. The Kier molecular flexibility index (Phi) is 5.88. The maximum absolute atomic E-state index is 12.9. The molecule has 0 aliphatic heterocycles. The van der Waals surface area contributed by atoms with E-state index in [-0.39, 0.29) is 11.7 Å². The first-order valence-electron chi connectivity index (χ1n) is 9.29. The number of hydrogen-bond acceptors (Lipinski definition) is 4. The van der Waals surface area contributed by atoms with Crippen molar-refractivity contribution in [2.45, 2.75) is 0 Å². The monoisotopic (exact) mass is 387 g/mol. The number of phenolic OH excluding ortho intramolecular Hbond substituents is 1. The summed E-state index contributed by atoms with van der Waals surface area (Å²) in [6, 6.07) is 18.3. The first-order chi connectivity index (χ1) is 13.9. The molecule has 29 heavy (non-hydrogen) atoms. The molecule has 0 heterocycles. The van der Waals surface area contributed by atoms with E-state index in [0.29, 0.717) is 11.3 Å². The number of amides is 1. The number of nitrogens with one attached hydrogen (secondary N) is 2. The minimum atomic E-state index is -0.202. The molecule has 0 atom stereocenters. The van der Waals surface area contributed by atoms with Crippen LogP contribution in [-0.2, 0) is 0 Å². The largest absolute Gasteiger partial charge is 0.508 e. The molecule has 3 N–H and O–H groups in total. The van der Waals surface area contributed by atoms with Crippen molar-refractivity contribution in [1.82, 2.24) is 0 Å². The van der Waals surface area contributed by atoms with Crippen LogP contribution in [0.1, 0.15) is 15.9 Å². The highest BCUT2D eigenvalue weighted by Crippen LogP contribution is 2.34. The van der Waals surface area contributed by atoms with Gasteiger partial charge >= 0.3 is 0 Å². The molecule has 1 amide bonds. The molecule has 0 saturated carbocycles. The second-order valence-corrected chi connectivity index (χ2v) is 6.89. The number of phenols is 1. The van der Waals surface area contributed by atoms with Gasteiger partial charge in [-0.2, -0.15) is 0 Å². The van der Waals surface area contributed by atoms with Gasteiger partial charge in [0.25, 0.3) is 5.91 Å². The summed E-state index contributed by atoms with van der Waals surface area (Å²) in [6.07, 6.45) is 1.71. The zero-order valence-corrected chi connectivity index (χ0v) is 16.9. The Morgan fingerprint density at radius 2 is 1.72 bits per heavy atom. The summed E-state index contributed by atoms with van der Waals surface area (Å²) >= 11 is 0. The molecule has 0 fully saturated rings. The maximum atomic E-state index is 12.9. The van der Waals surface area contributed by atoms with Gasteiger partial charge in [0.05, 0.1) is 5.69 Å². The van der Waals surface area contributed by atoms with Crippen molar-refractivity contribution in [2.75, 3.05) is 36.7 Å². The van der Waals surface area contributed by atoms with Crippen LogP contribution in [-0.4, -0.2) is 32.2 Å². The van der Waals surface area contributed by atoms with Crippen LogP contribution >= 0.6 is 0 Å². The average Bonchev–Trinajstić information content (AvgIpc) is 2.73. The smallest absolute Gasteiger partial charge is 0.255 e. The average molecular weight is 387 g/mol. The van der Waals surface area contributed by atoms with Gasteiger partial charge in [-0.05, 0) is 53.6 Å². The molecule has 3 aromatic rings.